The largest absolute Gasteiger partial charge is 0.342 e. The minimum absolute atomic E-state index is 0.276. The quantitative estimate of drug-likeness (QED) is 0.818. The lowest BCUT2D eigenvalue weighted by molar-refractivity contribution is -0.127. The SMILES string of the molecule is CCNC(C)c1ccc(SCC(=O)N2CCCC2)cc1. The molecule has 1 saturated heterocycles. The first kappa shape index (κ1) is 15.4. The molecule has 1 atom stereocenters. The molecule has 110 valence electrons. The van der Waals surface area contributed by atoms with Gasteiger partial charge in [0.1, 0.15) is 0 Å². The fourth-order valence-corrected chi connectivity index (χ4v) is 3.28. The van der Waals surface area contributed by atoms with E-state index in [0.717, 1.165) is 32.5 Å². The third kappa shape index (κ3) is 4.25. The summed E-state index contributed by atoms with van der Waals surface area (Å²) in [6.45, 7) is 7.15. The molecule has 1 aliphatic rings. The van der Waals surface area contributed by atoms with Crippen LogP contribution in [0.5, 0.6) is 0 Å². The van der Waals surface area contributed by atoms with Gasteiger partial charge >= 0.3 is 0 Å². The van der Waals surface area contributed by atoms with Gasteiger partial charge in [-0.25, -0.2) is 0 Å². The Labute approximate surface area is 126 Å². The number of hydrogen-bond acceptors (Lipinski definition) is 3. The van der Waals surface area contributed by atoms with Crippen LogP contribution in [0.4, 0.5) is 0 Å². The number of benzene rings is 1. The van der Waals surface area contributed by atoms with Crippen LogP contribution in [-0.2, 0) is 4.79 Å². The molecule has 1 aromatic rings. The summed E-state index contributed by atoms with van der Waals surface area (Å²) in [5.41, 5.74) is 1.29. The standard InChI is InChI=1S/C16H24N2OS/c1-3-17-13(2)14-6-8-15(9-7-14)20-12-16(19)18-10-4-5-11-18/h6-9,13,17H,3-5,10-12H2,1-2H3. The maximum Gasteiger partial charge on any atom is 0.232 e. The third-order valence-electron chi connectivity index (χ3n) is 3.71. The highest BCUT2D eigenvalue weighted by molar-refractivity contribution is 8.00. The Balaban J connectivity index is 1.82. The van der Waals surface area contributed by atoms with E-state index in [4.69, 9.17) is 0 Å². The molecule has 0 bridgehead atoms. The van der Waals surface area contributed by atoms with Crippen LogP contribution in [0, 0.1) is 0 Å². The topological polar surface area (TPSA) is 32.3 Å². The van der Waals surface area contributed by atoms with Crippen molar-refractivity contribution in [2.45, 2.75) is 37.6 Å². The van der Waals surface area contributed by atoms with Gasteiger partial charge in [-0.3, -0.25) is 4.79 Å². The van der Waals surface area contributed by atoms with Crippen molar-refractivity contribution in [1.82, 2.24) is 10.2 Å². The second kappa shape index (κ2) is 7.70. The van der Waals surface area contributed by atoms with Crippen molar-refractivity contribution in [3.63, 3.8) is 0 Å². The summed E-state index contributed by atoms with van der Waals surface area (Å²) in [6, 6.07) is 8.91. The van der Waals surface area contributed by atoms with E-state index in [1.807, 2.05) is 4.90 Å². The second-order valence-electron chi connectivity index (χ2n) is 5.22. The van der Waals surface area contributed by atoms with Crippen molar-refractivity contribution >= 4 is 17.7 Å². The molecule has 20 heavy (non-hydrogen) atoms. The number of carbonyl (C=O) groups excluding carboxylic acids is 1. The van der Waals surface area contributed by atoms with E-state index in [0.29, 0.717) is 11.8 Å². The molecule has 3 nitrogen and oxygen atoms in total. The monoisotopic (exact) mass is 292 g/mol. The molecular weight excluding hydrogens is 268 g/mol. The lowest BCUT2D eigenvalue weighted by atomic mass is 10.1. The number of amides is 1. The second-order valence-corrected chi connectivity index (χ2v) is 6.27. The van der Waals surface area contributed by atoms with Crippen molar-refractivity contribution < 1.29 is 4.79 Å². The number of nitrogens with zero attached hydrogens (tertiary/aromatic N) is 1. The number of thioether (sulfide) groups is 1. The maximum atomic E-state index is 12.0. The molecule has 1 aliphatic heterocycles. The van der Waals surface area contributed by atoms with Crippen LogP contribution in [0.2, 0.25) is 0 Å². The fraction of sp³-hybridized carbons (Fsp3) is 0.562. The molecule has 2 rings (SSSR count). The van der Waals surface area contributed by atoms with Crippen molar-refractivity contribution in [1.29, 1.82) is 0 Å². The molecule has 4 heteroatoms. The van der Waals surface area contributed by atoms with Gasteiger partial charge in [-0.05, 0) is 44.0 Å². The van der Waals surface area contributed by atoms with Crippen molar-refractivity contribution in [3.05, 3.63) is 29.8 Å². The lowest BCUT2D eigenvalue weighted by Crippen LogP contribution is -2.29. The number of nitrogens with one attached hydrogen (secondary N) is 1. The van der Waals surface area contributed by atoms with Gasteiger partial charge in [-0.2, -0.15) is 0 Å². The molecule has 0 aliphatic carbocycles. The Kier molecular flexibility index (Phi) is 5.92. The van der Waals surface area contributed by atoms with E-state index in [1.54, 1.807) is 11.8 Å². The van der Waals surface area contributed by atoms with Gasteiger partial charge < -0.3 is 10.2 Å². The molecular formula is C16H24N2OS. The van der Waals surface area contributed by atoms with Crippen LogP contribution in [0.15, 0.2) is 29.2 Å². The van der Waals surface area contributed by atoms with E-state index < -0.39 is 0 Å². The fourth-order valence-electron chi connectivity index (χ4n) is 2.48. The summed E-state index contributed by atoms with van der Waals surface area (Å²) < 4.78 is 0. The molecule has 0 radical (unpaired) electrons. The molecule has 1 N–H and O–H groups in total. The highest BCUT2D eigenvalue weighted by atomic mass is 32.2. The Morgan fingerprint density at radius 3 is 2.55 bits per heavy atom. The molecule has 1 aromatic carbocycles. The predicted octanol–water partition coefficient (Wildman–Crippen LogP) is 3.07. The molecule has 0 aromatic heterocycles. The van der Waals surface area contributed by atoms with E-state index in [1.165, 1.54) is 10.5 Å². The zero-order chi connectivity index (χ0) is 14.4. The van der Waals surface area contributed by atoms with Crippen LogP contribution in [0.3, 0.4) is 0 Å². The zero-order valence-corrected chi connectivity index (χ0v) is 13.2. The summed E-state index contributed by atoms with van der Waals surface area (Å²) in [5.74, 6) is 0.833. The van der Waals surface area contributed by atoms with Gasteiger partial charge in [-0.15, -0.1) is 11.8 Å². The minimum atomic E-state index is 0.276. The average Bonchev–Trinajstić information content (AvgIpc) is 3.00. The van der Waals surface area contributed by atoms with Crippen LogP contribution < -0.4 is 5.32 Å². The summed E-state index contributed by atoms with van der Waals surface area (Å²) in [7, 11) is 0. The van der Waals surface area contributed by atoms with Gasteiger partial charge in [0.25, 0.3) is 0 Å². The van der Waals surface area contributed by atoms with Gasteiger partial charge in [0.15, 0.2) is 0 Å². The number of likely N-dealkylation sites (tertiary alicyclic amines) is 1. The summed E-state index contributed by atoms with van der Waals surface area (Å²) in [6.07, 6.45) is 2.32. The Bertz CT molecular complexity index is 427. The van der Waals surface area contributed by atoms with Crippen LogP contribution in [0.25, 0.3) is 0 Å². The maximum absolute atomic E-state index is 12.0. The number of hydrogen-bond donors (Lipinski definition) is 1. The minimum Gasteiger partial charge on any atom is -0.342 e. The number of carbonyl (C=O) groups is 1. The summed E-state index contributed by atoms with van der Waals surface area (Å²) >= 11 is 1.64. The molecule has 0 spiro atoms. The Morgan fingerprint density at radius 2 is 1.95 bits per heavy atom. The molecule has 1 fully saturated rings. The molecule has 1 amide bonds. The first-order valence-electron chi connectivity index (χ1n) is 7.44. The normalized spacial score (nSPS) is 16.4. The van der Waals surface area contributed by atoms with E-state index >= 15 is 0 Å². The predicted molar refractivity (Wildman–Crippen MR) is 85.1 cm³/mol. The summed E-state index contributed by atoms with van der Waals surface area (Å²) in [4.78, 5) is 15.1. The highest BCUT2D eigenvalue weighted by Gasteiger charge is 2.17. The Morgan fingerprint density at radius 1 is 1.30 bits per heavy atom. The van der Waals surface area contributed by atoms with Gasteiger partial charge in [0, 0.05) is 24.0 Å². The number of rotatable bonds is 6. The van der Waals surface area contributed by atoms with Crippen LogP contribution >= 0.6 is 11.8 Å². The van der Waals surface area contributed by atoms with Crippen molar-refractivity contribution in [2.75, 3.05) is 25.4 Å². The van der Waals surface area contributed by atoms with E-state index in [2.05, 4.69) is 43.4 Å². The average molecular weight is 292 g/mol. The van der Waals surface area contributed by atoms with Gasteiger partial charge in [0.2, 0.25) is 5.91 Å². The first-order valence-corrected chi connectivity index (χ1v) is 8.43. The molecule has 1 heterocycles. The molecule has 0 saturated carbocycles. The summed E-state index contributed by atoms with van der Waals surface area (Å²) in [5, 5.41) is 3.40. The van der Waals surface area contributed by atoms with Crippen molar-refractivity contribution in [3.8, 4) is 0 Å². The smallest absolute Gasteiger partial charge is 0.232 e. The van der Waals surface area contributed by atoms with E-state index in [-0.39, 0.29) is 5.91 Å². The van der Waals surface area contributed by atoms with Crippen LogP contribution in [0.1, 0.15) is 38.3 Å². The van der Waals surface area contributed by atoms with Gasteiger partial charge in [0.05, 0.1) is 5.75 Å². The molecule has 1 unspecified atom stereocenters. The Hall–Kier alpha value is -1.00. The first-order chi connectivity index (χ1) is 9.70. The van der Waals surface area contributed by atoms with E-state index in [9.17, 15) is 4.79 Å². The highest BCUT2D eigenvalue weighted by Crippen LogP contribution is 2.22. The zero-order valence-electron chi connectivity index (χ0n) is 12.4. The van der Waals surface area contributed by atoms with Crippen molar-refractivity contribution in [2.24, 2.45) is 0 Å². The van der Waals surface area contributed by atoms with Crippen LogP contribution in [-0.4, -0.2) is 36.2 Å². The lowest BCUT2D eigenvalue weighted by Gasteiger charge is -2.15. The third-order valence-corrected chi connectivity index (χ3v) is 4.71. The van der Waals surface area contributed by atoms with Gasteiger partial charge in [-0.1, -0.05) is 19.1 Å².